The number of rotatable bonds is 9. The average molecular weight is 391 g/mol. The number of hydrogen-bond acceptors (Lipinski definition) is 4. The van der Waals surface area contributed by atoms with Gasteiger partial charge >= 0.3 is 0 Å². The first kappa shape index (κ1) is 20.9. The van der Waals surface area contributed by atoms with Gasteiger partial charge < -0.3 is 10.1 Å². The van der Waals surface area contributed by atoms with E-state index < -0.39 is 10.0 Å². The Balaban J connectivity index is 2.03. The van der Waals surface area contributed by atoms with Crippen LogP contribution in [0.5, 0.6) is 0 Å². The molecule has 2 aromatic rings. The largest absolute Gasteiger partial charge is 0.382 e. The molecule has 2 N–H and O–H groups in total. The Hall–Kier alpha value is -2.38. The van der Waals surface area contributed by atoms with Crippen LogP contribution in [0.3, 0.4) is 0 Å². The predicted octanol–water partition coefficient (Wildman–Crippen LogP) is 3.26. The van der Waals surface area contributed by atoms with Crippen LogP contribution in [0, 0.1) is 13.8 Å². The highest BCUT2D eigenvalue weighted by atomic mass is 32.2. The topological polar surface area (TPSA) is 84.5 Å². The highest BCUT2D eigenvalue weighted by Crippen LogP contribution is 2.21. The van der Waals surface area contributed by atoms with Crippen molar-refractivity contribution in [1.29, 1.82) is 0 Å². The number of carbonyl (C=O) groups is 1. The minimum Gasteiger partial charge on any atom is -0.382 e. The number of benzene rings is 2. The van der Waals surface area contributed by atoms with Crippen molar-refractivity contribution in [3.63, 3.8) is 0 Å². The number of nitrogens with one attached hydrogen (secondary N) is 2. The van der Waals surface area contributed by atoms with E-state index in [2.05, 4.69) is 10.0 Å². The van der Waals surface area contributed by atoms with Crippen LogP contribution in [0.1, 0.15) is 34.8 Å². The zero-order chi connectivity index (χ0) is 19.9. The van der Waals surface area contributed by atoms with Crippen LogP contribution >= 0.6 is 0 Å². The summed E-state index contributed by atoms with van der Waals surface area (Å²) in [5.41, 5.74) is 2.60. The summed E-state index contributed by atoms with van der Waals surface area (Å²) in [5, 5.41) is 2.83. The van der Waals surface area contributed by atoms with E-state index >= 15 is 0 Å². The molecule has 0 unspecified atom stereocenters. The summed E-state index contributed by atoms with van der Waals surface area (Å²) in [5.74, 6) is -0.192. The molecular weight excluding hydrogens is 364 g/mol. The van der Waals surface area contributed by atoms with Gasteiger partial charge in [0.1, 0.15) is 0 Å². The van der Waals surface area contributed by atoms with E-state index in [1.807, 2.05) is 13.8 Å². The maximum atomic E-state index is 12.5. The van der Waals surface area contributed by atoms with E-state index in [9.17, 15) is 13.2 Å². The van der Waals surface area contributed by atoms with Crippen LogP contribution in [-0.2, 0) is 14.8 Å². The molecule has 0 aliphatic carbocycles. The molecule has 0 spiro atoms. The Morgan fingerprint density at radius 2 is 1.78 bits per heavy atom. The van der Waals surface area contributed by atoms with Gasteiger partial charge in [0.05, 0.1) is 10.6 Å². The summed E-state index contributed by atoms with van der Waals surface area (Å²) in [6.45, 7) is 7.38. The second-order valence-electron chi connectivity index (χ2n) is 6.25. The Bertz CT molecular complexity index is 877. The van der Waals surface area contributed by atoms with E-state index in [0.717, 1.165) is 12.0 Å². The van der Waals surface area contributed by atoms with Gasteiger partial charge in [0.25, 0.3) is 15.9 Å². The molecule has 0 radical (unpaired) electrons. The van der Waals surface area contributed by atoms with Crippen molar-refractivity contribution in [3.8, 4) is 0 Å². The van der Waals surface area contributed by atoms with Crippen LogP contribution < -0.4 is 10.0 Å². The smallest absolute Gasteiger partial charge is 0.261 e. The predicted molar refractivity (Wildman–Crippen MR) is 107 cm³/mol. The van der Waals surface area contributed by atoms with Gasteiger partial charge in [-0.3, -0.25) is 9.52 Å². The lowest BCUT2D eigenvalue weighted by molar-refractivity contribution is 0.0944. The van der Waals surface area contributed by atoms with Crippen molar-refractivity contribution in [2.24, 2.45) is 0 Å². The third-order valence-electron chi connectivity index (χ3n) is 4.02. The second kappa shape index (κ2) is 9.53. The lowest BCUT2D eigenvalue weighted by Gasteiger charge is -2.12. The van der Waals surface area contributed by atoms with Crippen molar-refractivity contribution >= 4 is 21.6 Å². The third kappa shape index (κ3) is 6.08. The third-order valence-corrected chi connectivity index (χ3v) is 5.40. The number of aryl methyl sites for hydroxylation is 2. The molecule has 7 heteroatoms. The molecule has 0 aliphatic rings. The standard InChI is InChI=1S/C20H26N2O4S/c1-4-26-13-5-12-21-20(23)17-8-11-19(16(3)14-17)22-27(24,25)18-9-6-15(2)7-10-18/h6-11,14,22H,4-5,12-13H2,1-3H3,(H,21,23). The molecular formula is C20H26N2O4S. The van der Waals surface area contributed by atoms with E-state index in [0.29, 0.717) is 36.6 Å². The van der Waals surface area contributed by atoms with Crippen LogP contribution in [-0.4, -0.2) is 34.1 Å². The fraction of sp³-hybridized carbons (Fsp3) is 0.350. The molecule has 27 heavy (non-hydrogen) atoms. The first-order valence-corrected chi connectivity index (χ1v) is 10.4. The van der Waals surface area contributed by atoms with Gasteiger partial charge in [-0.1, -0.05) is 17.7 Å². The number of anilines is 1. The summed E-state index contributed by atoms with van der Waals surface area (Å²) in [4.78, 5) is 12.4. The summed E-state index contributed by atoms with van der Waals surface area (Å²) < 4.78 is 32.8. The maximum absolute atomic E-state index is 12.5. The fourth-order valence-corrected chi connectivity index (χ4v) is 3.59. The zero-order valence-electron chi connectivity index (χ0n) is 15.9. The Morgan fingerprint density at radius 1 is 1.07 bits per heavy atom. The molecule has 6 nitrogen and oxygen atoms in total. The fourth-order valence-electron chi connectivity index (χ4n) is 2.46. The van der Waals surface area contributed by atoms with Crippen LogP contribution in [0.4, 0.5) is 5.69 Å². The monoisotopic (exact) mass is 390 g/mol. The number of ether oxygens (including phenoxy) is 1. The summed E-state index contributed by atoms with van der Waals surface area (Å²) in [7, 11) is -3.67. The van der Waals surface area contributed by atoms with Crippen LogP contribution in [0.25, 0.3) is 0 Å². The molecule has 0 aliphatic heterocycles. The second-order valence-corrected chi connectivity index (χ2v) is 7.94. The summed E-state index contributed by atoms with van der Waals surface area (Å²) in [6, 6.07) is 11.5. The first-order valence-electron chi connectivity index (χ1n) is 8.89. The van der Waals surface area contributed by atoms with Crippen molar-refractivity contribution in [2.75, 3.05) is 24.5 Å². The summed E-state index contributed by atoms with van der Waals surface area (Å²) in [6.07, 6.45) is 0.743. The molecule has 0 aromatic heterocycles. The molecule has 1 amide bonds. The molecule has 0 saturated carbocycles. The minimum absolute atomic E-state index is 0.192. The van der Waals surface area contributed by atoms with Gasteiger partial charge in [-0.15, -0.1) is 0 Å². The number of hydrogen-bond donors (Lipinski definition) is 2. The molecule has 2 aromatic carbocycles. The normalized spacial score (nSPS) is 11.2. The molecule has 146 valence electrons. The van der Waals surface area contributed by atoms with Crippen LogP contribution in [0.2, 0.25) is 0 Å². The quantitative estimate of drug-likeness (QED) is 0.644. The highest BCUT2D eigenvalue weighted by Gasteiger charge is 2.16. The van der Waals surface area contributed by atoms with Crippen molar-refractivity contribution in [2.45, 2.75) is 32.1 Å². The Labute approximate surface area is 161 Å². The molecule has 2 rings (SSSR count). The molecule has 0 atom stereocenters. The van der Waals surface area contributed by atoms with Crippen molar-refractivity contribution in [3.05, 3.63) is 59.2 Å². The Kier molecular flexibility index (Phi) is 7.38. The molecule has 0 saturated heterocycles. The van der Waals surface area contributed by atoms with Gasteiger partial charge in [-0.05, 0) is 63.1 Å². The number of carbonyl (C=O) groups excluding carboxylic acids is 1. The summed E-state index contributed by atoms with van der Waals surface area (Å²) >= 11 is 0. The number of sulfonamides is 1. The van der Waals surface area contributed by atoms with E-state index in [1.54, 1.807) is 49.4 Å². The minimum atomic E-state index is -3.67. The number of amides is 1. The van der Waals surface area contributed by atoms with Gasteiger partial charge in [-0.2, -0.15) is 0 Å². The van der Waals surface area contributed by atoms with E-state index in [-0.39, 0.29) is 10.8 Å². The van der Waals surface area contributed by atoms with E-state index in [4.69, 9.17) is 4.74 Å². The molecule has 0 heterocycles. The van der Waals surface area contributed by atoms with Crippen molar-refractivity contribution < 1.29 is 17.9 Å². The highest BCUT2D eigenvalue weighted by molar-refractivity contribution is 7.92. The van der Waals surface area contributed by atoms with Gasteiger partial charge in [-0.25, -0.2) is 8.42 Å². The van der Waals surface area contributed by atoms with E-state index in [1.165, 1.54) is 0 Å². The maximum Gasteiger partial charge on any atom is 0.261 e. The van der Waals surface area contributed by atoms with Gasteiger partial charge in [0.15, 0.2) is 0 Å². The molecule has 0 bridgehead atoms. The van der Waals surface area contributed by atoms with Crippen molar-refractivity contribution in [1.82, 2.24) is 5.32 Å². The molecule has 0 fully saturated rings. The SMILES string of the molecule is CCOCCCNC(=O)c1ccc(NS(=O)(=O)c2ccc(C)cc2)c(C)c1. The van der Waals surface area contributed by atoms with Gasteiger partial charge in [0.2, 0.25) is 0 Å². The lowest BCUT2D eigenvalue weighted by atomic mass is 10.1. The Morgan fingerprint density at radius 3 is 2.41 bits per heavy atom. The first-order chi connectivity index (χ1) is 12.8. The zero-order valence-corrected chi connectivity index (χ0v) is 16.7. The average Bonchev–Trinajstić information content (AvgIpc) is 2.63. The lowest BCUT2D eigenvalue weighted by Crippen LogP contribution is -2.25. The van der Waals surface area contributed by atoms with Crippen LogP contribution in [0.15, 0.2) is 47.4 Å². The van der Waals surface area contributed by atoms with Gasteiger partial charge in [0, 0.05) is 25.3 Å².